The molecule has 0 aliphatic heterocycles. The number of nitrogens with one attached hydrogen (secondary N) is 4. The highest BCUT2D eigenvalue weighted by atomic mass is 32.2. The molecule has 0 spiro atoms. The second-order valence-electron chi connectivity index (χ2n) is 12.9. The van der Waals surface area contributed by atoms with Crippen LogP contribution in [0.3, 0.4) is 0 Å². The maximum absolute atomic E-state index is 13.2. The Kier molecular flexibility index (Phi) is 9.67. The van der Waals surface area contributed by atoms with Crippen LogP contribution in [0, 0.1) is 13.8 Å². The molecule has 0 amide bonds. The summed E-state index contributed by atoms with van der Waals surface area (Å²) in [5, 5.41) is 2.04. The van der Waals surface area contributed by atoms with Crippen molar-refractivity contribution in [1.82, 2.24) is 19.4 Å². The molecule has 260 valence electrons. The fourth-order valence-corrected chi connectivity index (χ4v) is 8.88. The zero-order chi connectivity index (χ0) is 35.6. The highest BCUT2D eigenvalue weighted by Gasteiger charge is 2.28. The molecule has 0 aliphatic carbocycles. The van der Waals surface area contributed by atoms with Gasteiger partial charge in [-0.2, -0.15) is 0 Å². The summed E-state index contributed by atoms with van der Waals surface area (Å²) in [7, 11) is -7.42. The van der Waals surface area contributed by atoms with Crippen LogP contribution in [-0.2, 0) is 32.9 Å². The number of para-hydroxylation sites is 2. The Balaban J connectivity index is 1.28. The minimum Gasteiger partial charge on any atom is -0.357 e. The molecule has 0 aliphatic rings. The number of benzene rings is 5. The number of sulfonamides is 2. The lowest BCUT2D eigenvalue weighted by atomic mass is 9.86. The van der Waals surface area contributed by atoms with Crippen molar-refractivity contribution in [3.8, 4) is 0 Å². The smallest absolute Gasteiger partial charge is 0.240 e. The van der Waals surface area contributed by atoms with E-state index in [-0.39, 0.29) is 28.8 Å². The Morgan fingerprint density at radius 1 is 0.510 bits per heavy atom. The molecule has 0 unspecified atom stereocenters. The average Bonchev–Trinajstić information content (AvgIpc) is 3.67. The highest BCUT2D eigenvalue weighted by molar-refractivity contribution is 7.89. The molecule has 0 radical (unpaired) electrons. The zero-order valence-corrected chi connectivity index (χ0v) is 30.1. The third-order valence-corrected chi connectivity index (χ3v) is 12.4. The zero-order valence-electron chi connectivity index (χ0n) is 28.5. The Labute approximate surface area is 299 Å². The van der Waals surface area contributed by atoms with Crippen molar-refractivity contribution < 1.29 is 16.8 Å². The van der Waals surface area contributed by atoms with E-state index < -0.39 is 20.0 Å². The number of aryl methyl sites for hydroxylation is 2. The van der Waals surface area contributed by atoms with Gasteiger partial charge in [-0.25, -0.2) is 26.3 Å². The van der Waals surface area contributed by atoms with Gasteiger partial charge in [-0.15, -0.1) is 0 Å². The van der Waals surface area contributed by atoms with Crippen LogP contribution >= 0.6 is 0 Å². The van der Waals surface area contributed by atoms with Gasteiger partial charge in [-0.05, 0) is 79.8 Å². The topological polar surface area (TPSA) is 124 Å². The standard InChI is InChI=1S/C41H40N4O4S2/c1-28-16-20-31(21-17-28)50(46,47)42-26-24-35-33-12-6-8-14-37(33)44-40(35)39(30-10-4-3-5-11-30)41-36(34-13-7-9-15-38(34)45-41)25-27-43-51(48,49)32-22-18-29(2)19-23-32/h3-23,39,42-45H,24-27H2,1-2H3. The SMILES string of the molecule is Cc1ccc(S(=O)(=O)NCCc2c(C(c3ccccc3)c3[nH]c4ccccc4c3CCNS(=O)(=O)c3ccc(C)cc3)[nH]c3ccccc23)cc1. The molecule has 2 heterocycles. The monoisotopic (exact) mass is 716 g/mol. The van der Waals surface area contributed by atoms with E-state index in [2.05, 4.69) is 43.7 Å². The van der Waals surface area contributed by atoms with Gasteiger partial charge in [0.15, 0.2) is 0 Å². The number of fused-ring (bicyclic) bond motifs is 2. The molecule has 5 aromatic carbocycles. The number of rotatable bonds is 13. The van der Waals surface area contributed by atoms with Crippen LogP contribution in [0.25, 0.3) is 21.8 Å². The minimum atomic E-state index is -3.71. The predicted molar refractivity (Wildman–Crippen MR) is 204 cm³/mol. The predicted octanol–water partition coefficient (Wildman–Crippen LogP) is 7.49. The van der Waals surface area contributed by atoms with Gasteiger partial charge in [0.2, 0.25) is 20.0 Å². The van der Waals surface area contributed by atoms with E-state index in [0.717, 1.165) is 61.0 Å². The summed E-state index contributed by atoms with van der Waals surface area (Å²) >= 11 is 0. The highest BCUT2D eigenvalue weighted by Crippen LogP contribution is 2.40. The summed E-state index contributed by atoms with van der Waals surface area (Å²) in [6, 6.07) is 40.0. The van der Waals surface area contributed by atoms with Crippen molar-refractivity contribution in [2.45, 2.75) is 42.4 Å². The molecule has 4 N–H and O–H groups in total. The Bertz CT molecular complexity index is 2360. The molecule has 51 heavy (non-hydrogen) atoms. The van der Waals surface area contributed by atoms with Crippen molar-refractivity contribution in [3.05, 3.63) is 167 Å². The van der Waals surface area contributed by atoms with E-state index in [4.69, 9.17) is 0 Å². The van der Waals surface area contributed by atoms with Crippen molar-refractivity contribution in [2.24, 2.45) is 0 Å². The Morgan fingerprint density at radius 3 is 1.33 bits per heavy atom. The molecule has 0 bridgehead atoms. The Morgan fingerprint density at radius 2 is 0.902 bits per heavy atom. The summed E-state index contributed by atoms with van der Waals surface area (Å²) < 4.78 is 58.6. The molecule has 0 atom stereocenters. The lowest BCUT2D eigenvalue weighted by Crippen LogP contribution is -2.26. The van der Waals surface area contributed by atoms with Crippen LogP contribution in [0.1, 0.15) is 45.1 Å². The lowest BCUT2D eigenvalue weighted by molar-refractivity contribution is 0.580. The average molecular weight is 717 g/mol. The summed E-state index contributed by atoms with van der Waals surface area (Å²) in [4.78, 5) is 7.90. The van der Waals surface area contributed by atoms with E-state index in [0.29, 0.717) is 12.8 Å². The van der Waals surface area contributed by atoms with Gasteiger partial charge in [0.1, 0.15) is 0 Å². The van der Waals surface area contributed by atoms with Crippen LogP contribution in [0.4, 0.5) is 0 Å². The first-order chi connectivity index (χ1) is 24.6. The van der Waals surface area contributed by atoms with Crippen LogP contribution < -0.4 is 9.44 Å². The van der Waals surface area contributed by atoms with E-state index in [1.807, 2.05) is 68.4 Å². The van der Waals surface area contributed by atoms with E-state index in [1.165, 1.54) is 0 Å². The molecule has 0 fully saturated rings. The number of aromatic amines is 2. The number of H-pyrrole nitrogens is 2. The van der Waals surface area contributed by atoms with Gasteiger partial charge in [0, 0.05) is 46.3 Å². The number of hydrogen-bond acceptors (Lipinski definition) is 4. The number of aromatic nitrogens is 2. The van der Waals surface area contributed by atoms with Gasteiger partial charge in [-0.1, -0.05) is 102 Å². The molecular formula is C41H40N4O4S2. The maximum Gasteiger partial charge on any atom is 0.240 e. The van der Waals surface area contributed by atoms with Gasteiger partial charge in [0.05, 0.1) is 15.7 Å². The van der Waals surface area contributed by atoms with E-state index >= 15 is 0 Å². The molecular weight excluding hydrogens is 677 g/mol. The maximum atomic E-state index is 13.2. The summed E-state index contributed by atoms with van der Waals surface area (Å²) in [6.45, 7) is 4.25. The third kappa shape index (κ3) is 7.27. The molecule has 7 rings (SSSR count). The van der Waals surface area contributed by atoms with Gasteiger partial charge in [0.25, 0.3) is 0 Å². The van der Waals surface area contributed by atoms with Crippen molar-refractivity contribution in [1.29, 1.82) is 0 Å². The van der Waals surface area contributed by atoms with Crippen molar-refractivity contribution in [2.75, 3.05) is 13.1 Å². The van der Waals surface area contributed by atoms with Crippen LogP contribution in [-0.4, -0.2) is 39.9 Å². The van der Waals surface area contributed by atoms with Crippen LogP contribution in [0.2, 0.25) is 0 Å². The molecule has 10 heteroatoms. The third-order valence-electron chi connectivity index (χ3n) is 9.40. The summed E-state index contributed by atoms with van der Waals surface area (Å²) in [5.41, 5.74) is 8.84. The fourth-order valence-electron chi connectivity index (χ4n) is 6.82. The van der Waals surface area contributed by atoms with Crippen molar-refractivity contribution >= 4 is 41.9 Å². The minimum absolute atomic E-state index is 0.201. The second kappa shape index (κ2) is 14.3. The van der Waals surface area contributed by atoms with Gasteiger partial charge in [-0.3, -0.25) is 0 Å². The molecule has 7 aromatic rings. The quantitative estimate of drug-likeness (QED) is 0.0988. The van der Waals surface area contributed by atoms with Gasteiger partial charge < -0.3 is 9.97 Å². The number of hydrogen-bond donors (Lipinski definition) is 4. The molecule has 8 nitrogen and oxygen atoms in total. The first kappa shape index (κ1) is 34.4. The van der Waals surface area contributed by atoms with E-state index in [1.54, 1.807) is 48.5 Å². The largest absolute Gasteiger partial charge is 0.357 e. The first-order valence-electron chi connectivity index (χ1n) is 17.0. The van der Waals surface area contributed by atoms with Crippen molar-refractivity contribution in [3.63, 3.8) is 0 Å². The molecule has 0 saturated heterocycles. The normalized spacial score (nSPS) is 12.3. The lowest BCUT2D eigenvalue weighted by Gasteiger charge is -2.20. The molecule has 2 aromatic heterocycles. The molecule has 0 saturated carbocycles. The van der Waals surface area contributed by atoms with Gasteiger partial charge >= 0.3 is 0 Å². The van der Waals surface area contributed by atoms with Crippen LogP contribution in [0.15, 0.2) is 137 Å². The first-order valence-corrected chi connectivity index (χ1v) is 19.9. The second-order valence-corrected chi connectivity index (χ2v) is 16.4. The fraction of sp³-hybridized carbons (Fsp3) is 0.171. The van der Waals surface area contributed by atoms with Crippen LogP contribution in [0.5, 0.6) is 0 Å². The summed E-state index contributed by atoms with van der Waals surface area (Å²) in [6.07, 6.45) is 0.888. The Hall–Kier alpha value is -5.00. The van der Waals surface area contributed by atoms with E-state index in [9.17, 15) is 16.8 Å². The summed E-state index contributed by atoms with van der Waals surface area (Å²) in [5.74, 6) is -0.293.